The summed E-state index contributed by atoms with van der Waals surface area (Å²) in [6, 6.07) is 5.96. The Hall–Kier alpha value is -2.00. The zero-order valence-corrected chi connectivity index (χ0v) is 19.2. The molecule has 0 unspecified atom stereocenters. The zero-order valence-electron chi connectivity index (χ0n) is 17.6. The average Bonchev–Trinajstić information content (AvgIpc) is 3.45. The van der Waals surface area contributed by atoms with Crippen LogP contribution in [0.25, 0.3) is 10.3 Å². The third kappa shape index (κ3) is 4.22. The van der Waals surface area contributed by atoms with Gasteiger partial charge in [-0.2, -0.15) is 4.98 Å². The van der Waals surface area contributed by atoms with Crippen molar-refractivity contribution in [2.45, 2.75) is 32.9 Å². The fourth-order valence-electron chi connectivity index (χ4n) is 4.29. The zero-order chi connectivity index (χ0) is 21.4. The number of thiazole rings is 1. The Morgan fingerprint density at radius 2 is 1.87 bits per heavy atom. The first-order valence-corrected chi connectivity index (χ1v) is 12.0. The first-order valence-electron chi connectivity index (χ1n) is 10.8. The minimum absolute atomic E-state index is 0.180. The molecule has 31 heavy (non-hydrogen) atoms. The number of hydrogen-bond acceptors (Lipinski definition) is 7. The van der Waals surface area contributed by atoms with E-state index in [2.05, 4.69) is 25.4 Å². The molecule has 0 aliphatic carbocycles. The molecule has 0 saturated carbocycles. The first kappa shape index (κ1) is 20.9. The highest BCUT2D eigenvalue weighted by molar-refractivity contribution is 7.22. The van der Waals surface area contributed by atoms with E-state index < -0.39 is 0 Å². The number of aromatic nitrogens is 3. The Morgan fingerprint density at radius 1 is 1.10 bits per heavy atom. The molecule has 2 aliphatic rings. The predicted octanol–water partition coefficient (Wildman–Crippen LogP) is 3.30. The topological polar surface area (TPSA) is 63.5 Å². The highest BCUT2D eigenvalue weighted by Gasteiger charge is 2.23. The maximum atomic E-state index is 13.0. The molecule has 5 rings (SSSR count). The standard InChI is InChI=1S/C22H26ClN5O2S/c1-15-16(5-4-6-17(15)23)13-28-18(14-26-7-2-3-8-26)24-21(29)19-20(28)25-22(31-19)27-9-11-30-12-10-27/h4-6H,2-3,7-14H2,1H3. The molecule has 2 aliphatic heterocycles. The maximum Gasteiger partial charge on any atom is 0.292 e. The van der Waals surface area contributed by atoms with Crippen LogP contribution in [0.4, 0.5) is 5.13 Å². The van der Waals surface area contributed by atoms with Gasteiger partial charge >= 0.3 is 0 Å². The van der Waals surface area contributed by atoms with Crippen molar-refractivity contribution in [1.82, 2.24) is 19.4 Å². The summed E-state index contributed by atoms with van der Waals surface area (Å²) in [4.78, 5) is 27.0. The molecule has 164 valence electrons. The van der Waals surface area contributed by atoms with Crippen LogP contribution in [0.1, 0.15) is 29.8 Å². The van der Waals surface area contributed by atoms with Gasteiger partial charge in [-0.3, -0.25) is 9.69 Å². The summed E-state index contributed by atoms with van der Waals surface area (Å²) in [5, 5.41) is 1.61. The lowest BCUT2D eigenvalue weighted by Crippen LogP contribution is -2.36. The van der Waals surface area contributed by atoms with Crippen molar-refractivity contribution in [3.63, 3.8) is 0 Å². The molecule has 0 N–H and O–H groups in total. The molecule has 2 saturated heterocycles. The van der Waals surface area contributed by atoms with Crippen molar-refractivity contribution in [2.75, 3.05) is 44.3 Å². The molecule has 0 spiro atoms. The van der Waals surface area contributed by atoms with E-state index in [1.54, 1.807) is 0 Å². The van der Waals surface area contributed by atoms with E-state index >= 15 is 0 Å². The highest BCUT2D eigenvalue weighted by atomic mass is 35.5. The molecular formula is C22H26ClN5O2S. The summed E-state index contributed by atoms with van der Waals surface area (Å²) in [6.45, 7) is 8.30. The third-order valence-corrected chi connectivity index (χ3v) is 7.65. The second-order valence-electron chi connectivity index (χ2n) is 8.18. The normalized spacial score (nSPS) is 17.7. The number of fused-ring (bicyclic) bond motifs is 1. The molecule has 0 radical (unpaired) electrons. The van der Waals surface area contributed by atoms with Gasteiger partial charge < -0.3 is 14.2 Å². The summed E-state index contributed by atoms with van der Waals surface area (Å²) < 4.78 is 8.21. The van der Waals surface area contributed by atoms with Gasteiger partial charge in [-0.25, -0.2) is 4.98 Å². The Kier molecular flexibility index (Phi) is 5.97. The Balaban J connectivity index is 1.62. The number of ether oxygens (including phenoxy) is 1. The molecule has 2 aromatic heterocycles. The van der Waals surface area contributed by atoms with Gasteiger partial charge in [0.05, 0.1) is 26.3 Å². The average molecular weight is 460 g/mol. The fraction of sp³-hybridized carbons (Fsp3) is 0.500. The largest absolute Gasteiger partial charge is 0.378 e. The molecular weight excluding hydrogens is 434 g/mol. The maximum absolute atomic E-state index is 13.0. The van der Waals surface area contributed by atoms with Crippen LogP contribution in [0.3, 0.4) is 0 Å². The SMILES string of the molecule is Cc1c(Cl)cccc1Cn1c(CN2CCCC2)nc(=O)c2sc(N3CCOCC3)nc21. The number of nitrogens with zero attached hydrogens (tertiary/aromatic N) is 5. The van der Waals surface area contributed by atoms with Crippen LogP contribution in [-0.4, -0.2) is 58.8 Å². The smallest absolute Gasteiger partial charge is 0.292 e. The van der Waals surface area contributed by atoms with Crippen LogP contribution < -0.4 is 10.5 Å². The molecule has 9 heteroatoms. The van der Waals surface area contributed by atoms with Crippen LogP contribution in [0, 0.1) is 6.92 Å². The molecule has 1 aromatic carbocycles. The second kappa shape index (κ2) is 8.86. The summed E-state index contributed by atoms with van der Waals surface area (Å²) >= 11 is 7.83. The van der Waals surface area contributed by atoms with Gasteiger partial charge in [-0.05, 0) is 50.0 Å². The fourth-order valence-corrected chi connectivity index (χ4v) is 5.49. The Bertz CT molecular complexity index is 1150. The van der Waals surface area contributed by atoms with Crippen LogP contribution in [0.15, 0.2) is 23.0 Å². The molecule has 3 aromatic rings. The van der Waals surface area contributed by atoms with E-state index in [0.29, 0.717) is 31.0 Å². The molecule has 0 amide bonds. The molecule has 0 atom stereocenters. The molecule has 2 fully saturated rings. The number of halogens is 1. The third-order valence-electron chi connectivity index (χ3n) is 6.14. The lowest BCUT2D eigenvalue weighted by Gasteiger charge is -2.25. The van der Waals surface area contributed by atoms with Crippen LogP contribution in [0.2, 0.25) is 5.02 Å². The number of anilines is 1. The minimum atomic E-state index is -0.180. The van der Waals surface area contributed by atoms with E-state index in [-0.39, 0.29) is 5.56 Å². The molecule has 0 bridgehead atoms. The van der Waals surface area contributed by atoms with Crippen LogP contribution in [0.5, 0.6) is 0 Å². The molecule has 4 heterocycles. The van der Waals surface area contributed by atoms with E-state index in [0.717, 1.165) is 58.9 Å². The second-order valence-corrected chi connectivity index (χ2v) is 9.56. The van der Waals surface area contributed by atoms with Crippen molar-refractivity contribution in [3.8, 4) is 0 Å². The Labute approximate surface area is 190 Å². The lowest BCUT2D eigenvalue weighted by atomic mass is 10.1. The van der Waals surface area contributed by atoms with Gasteiger partial charge in [0.25, 0.3) is 5.56 Å². The van der Waals surface area contributed by atoms with Crippen molar-refractivity contribution >= 4 is 38.4 Å². The summed E-state index contributed by atoms with van der Waals surface area (Å²) in [5.74, 6) is 0.776. The lowest BCUT2D eigenvalue weighted by molar-refractivity contribution is 0.122. The van der Waals surface area contributed by atoms with Crippen molar-refractivity contribution in [1.29, 1.82) is 0 Å². The monoisotopic (exact) mass is 459 g/mol. The van der Waals surface area contributed by atoms with Gasteiger partial charge in [0.1, 0.15) is 10.5 Å². The van der Waals surface area contributed by atoms with Crippen molar-refractivity contribution < 1.29 is 4.74 Å². The number of rotatable bonds is 5. The summed E-state index contributed by atoms with van der Waals surface area (Å²) in [7, 11) is 0. The van der Waals surface area contributed by atoms with E-state index in [1.165, 1.54) is 24.2 Å². The molecule has 7 nitrogen and oxygen atoms in total. The van der Waals surface area contributed by atoms with Gasteiger partial charge in [-0.1, -0.05) is 35.1 Å². The van der Waals surface area contributed by atoms with Gasteiger partial charge in [0.2, 0.25) is 0 Å². The van der Waals surface area contributed by atoms with Gasteiger partial charge in [-0.15, -0.1) is 0 Å². The van der Waals surface area contributed by atoms with Gasteiger partial charge in [0.15, 0.2) is 10.8 Å². The number of hydrogen-bond donors (Lipinski definition) is 0. The predicted molar refractivity (Wildman–Crippen MR) is 125 cm³/mol. The van der Waals surface area contributed by atoms with Gasteiger partial charge in [0, 0.05) is 18.1 Å². The van der Waals surface area contributed by atoms with E-state index in [1.807, 2.05) is 19.1 Å². The van der Waals surface area contributed by atoms with Crippen LogP contribution >= 0.6 is 22.9 Å². The quantitative estimate of drug-likeness (QED) is 0.583. The summed E-state index contributed by atoms with van der Waals surface area (Å²) in [5.41, 5.74) is 2.70. The highest BCUT2D eigenvalue weighted by Crippen LogP contribution is 2.29. The number of benzene rings is 1. The van der Waals surface area contributed by atoms with E-state index in [4.69, 9.17) is 21.3 Å². The van der Waals surface area contributed by atoms with Crippen molar-refractivity contribution in [2.24, 2.45) is 0 Å². The number of morpholine rings is 1. The minimum Gasteiger partial charge on any atom is -0.378 e. The summed E-state index contributed by atoms with van der Waals surface area (Å²) in [6.07, 6.45) is 2.38. The van der Waals surface area contributed by atoms with Crippen LogP contribution in [-0.2, 0) is 17.8 Å². The van der Waals surface area contributed by atoms with Crippen molar-refractivity contribution in [3.05, 3.63) is 50.5 Å². The Morgan fingerprint density at radius 3 is 2.65 bits per heavy atom. The number of likely N-dealkylation sites (tertiary alicyclic amines) is 1. The van der Waals surface area contributed by atoms with E-state index in [9.17, 15) is 4.79 Å². The first-order chi connectivity index (χ1) is 15.1.